The molecule has 10 aromatic rings. The molecular formula is C56H50Cl3FN14O6. The highest BCUT2D eigenvalue weighted by atomic mass is 35.5. The molecule has 4 aromatic heterocycles. The molecule has 20 nitrogen and oxygen atoms in total. The quantitative estimate of drug-likeness (QED) is 0.0376. The lowest BCUT2D eigenvalue weighted by Gasteiger charge is -2.11. The fourth-order valence-corrected chi connectivity index (χ4v) is 8.01. The number of hydrogen-bond donors (Lipinski definition) is 6. The molecule has 0 radical (unpaired) electrons. The minimum absolute atomic E-state index is 0. The second kappa shape index (κ2) is 27.9. The molecule has 0 aliphatic heterocycles. The summed E-state index contributed by atoms with van der Waals surface area (Å²) in [6, 6.07) is 45.0. The number of benzene rings is 6. The topological polar surface area (TPSA) is 312 Å². The van der Waals surface area contributed by atoms with Crippen molar-refractivity contribution in [3.8, 4) is 0 Å². The van der Waals surface area contributed by atoms with Crippen LogP contribution in [-0.4, -0.2) is 51.6 Å². The molecule has 9 N–H and O–H groups in total. The zero-order valence-electron chi connectivity index (χ0n) is 42.4. The first kappa shape index (κ1) is 60.9. The maximum atomic E-state index is 12.8. The van der Waals surface area contributed by atoms with E-state index < -0.39 is 9.85 Å². The average Bonchev–Trinajstić information content (AvgIpc) is 3.42. The number of amides is 2. The first-order chi connectivity index (χ1) is 37.0. The molecule has 0 aliphatic rings. The Morgan fingerprint density at radius 3 is 1.39 bits per heavy atom. The number of hydrogen-bond acceptors (Lipinski definition) is 16. The number of pyridine rings is 2. The highest BCUT2D eigenvalue weighted by Crippen LogP contribution is 2.29. The molecule has 0 unspecified atom stereocenters. The number of fused-ring (bicyclic) bond motifs is 2. The number of nitro groups is 2. The molecule has 0 fully saturated rings. The van der Waals surface area contributed by atoms with E-state index >= 15 is 0 Å². The van der Waals surface area contributed by atoms with Gasteiger partial charge in [0.25, 0.3) is 23.2 Å². The van der Waals surface area contributed by atoms with Crippen LogP contribution >= 0.6 is 36.4 Å². The van der Waals surface area contributed by atoms with Gasteiger partial charge < -0.3 is 33.2 Å². The third kappa shape index (κ3) is 16.5. The van der Waals surface area contributed by atoms with Crippen molar-refractivity contribution in [2.45, 2.75) is 26.7 Å². The predicted octanol–water partition coefficient (Wildman–Crippen LogP) is 12.0. The Morgan fingerprint density at radius 2 is 0.938 bits per heavy atom. The lowest BCUT2D eigenvalue weighted by atomic mass is 10.1. The molecule has 0 spiro atoms. The largest absolute Gasteiger partial charge is 0.399 e. The van der Waals surface area contributed by atoms with Crippen molar-refractivity contribution in [3.63, 3.8) is 0 Å². The van der Waals surface area contributed by atoms with Crippen LogP contribution in [0.5, 0.6) is 0 Å². The molecule has 0 saturated heterocycles. The number of nitrogen functional groups attached to an aromatic ring is 3. The molecule has 0 saturated carbocycles. The van der Waals surface area contributed by atoms with Crippen LogP contribution in [0.15, 0.2) is 170 Å². The van der Waals surface area contributed by atoms with Crippen LogP contribution in [0.1, 0.15) is 54.6 Å². The summed E-state index contributed by atoms with van der Waals surface area (Å²) >= 11 is 5.87. The van der Waals surface area contributed by atoms with E-state index in [0.717, 1.165) is 45.3 Å². The third-order valence-corrected chi connectivity index (χ3v) is 11.8. The number of halogens is 4. The molecule has 10 rings (SSSR count). The summed E-state index contributed by atoms with van der Waals surface area (Å²) in [6.07, 6.45) is 4.46. The van der Waals surface area contributed by atoms with E-state index in [2.05, 4.69) is 45.9 Å². The maximum Gasteiger partial charge on any atom is 0.270 e. The first-order valence-corrected chi connectivity index (χ1v) is 23.8. The zero-order chi connectivity index (χ0) is 54.6. The number of non-ortho nitro benzene ring substituents is 2. The summed E-state index contributed by atoms with van der Waals surface area (Å²) in [5.74, 6) is 0.117. The van der Waals surface area contributed by atoms with Crippen LogP contribution in [0.4, 0.5) is 56.4 Å². The van der Waals surface area contributed by atoms with E-state index in [1.54, 1.807) is 85.2 Å². The first-order valence-electron chi connectivity index (χ1n) is 23.5. The Bertz CT molecular complexity index is 3770. The van der Waals surface area contributed by atoms with E-state index in [1.165, 1.54) is 24.3 Å². The van der Waals surface area contributed by atoms with Crippen molar-refractivity contribution >= 4 is 122 Å². The number of carbonyl (C=O) groups is 2. The van der Waals surface area contributed by atoms with E-state index in [1.807, 2.05) is 74.5 Å². The van der Waals surface area contributed by atoms with Gasteiger partial charge in [-0.05, 0) is 134 Å². The van der Waals surface area contributed by atoms with Gasteiger partial charge in [0.1, 0.15) is 0 Å². The molecule has 0 bridgehead atoms. The molecule has 0 atom stereocenters. The molecule has 24 heteroatoms. The number of rotatable bonds is 12. The summed E-state index contributed by atoms with van der Waals surface area (Å²) in [4.78, 5) is 70.7. The van der Waals surface area contributed by atoms with E-state index in [-0.39, 0.29) is 64.6 Å². The van der Waals surface area contributed by atoms with Crippen LogP contribution in [0.25, 0.3) is 21.8 Å². The van der Waals surface area contributed by atoms with Crippen LogP contribution in [0.3, 0.4) is 0 Å². The zero-order valence-corrected chi connectivity index (χ0v) is 44.8. The summed E-state index contributed by atoms with van der Waals surface area (Å²) in [5, 5.41) is 32.4. The number of carbonyl (C=O) groups excluding carboxylic acids is 2. The number of nitrogens with two attached hydrogens (primary N) is 3. The molecular weight excluding hydrogens is 1090 g/mol. The van der Waals surface area contributed by atoms with Crippen LogP contribution in [0, 0.1) is 34.1 Å². The number of nitrogens with one attached hydrogen (secondary N) is 3. The van der Waals surface area contributed by atoms with Gasteiger partial charge in [-0.25, -0.2) is 19.9 Å². The second-order valence-corrected chi connectivity index (χ2v) is 17.7. The molecule has 2 amide bonds. The maximum absolute atomic E-state index is 12.8. The van der Waals surface area contributed by atoms with Gasteiger partial charge in [-0.2, -0.15) is 0 Å². The second-order valence-electron chi connectivity index (χ2n) is 17.3. The van der Waals surface area contributed by atoms with Crippen molar-refractivity contribution in [1.29, 1.82) is 0 Å². The Labute approximate surface area is 473 Å². The SMILES string of the molecule is Cc1cc(Cc2ccc(NC(=O)c3ccc(N)cc3)cc2)nc(N)n1.Cc1cc(Cc2ccc(NC(=O)c3ccc(Nc4ccnc5ccc([N+](=O)[O-])cc45)cc3)cc2)nc(N)n1.Cl.Cl.F.O=[N+]([O-])c1ccc2nccc(Cl)c2c1. The van der Waals surface area contributed by atoms with Gasteiger partial charge in [-0.3, -0.25) is 44.5 Å². The number of aromatic nitrogens is 6. The van der Waals surface area contributed by atoms with Crippen molar-refractivity contribution in [3.05, 3.63) is 240 Å². The van der Waals surface area contributed by atoms with Crippen LogP contribution in [0.2, 0.25) is 5.02 Å². The number of aryl methyl sites for hydroxylation is 2. The van der Waals surface area contributed by atoms with E-state index in [9.17, 15) is 29.8 Å². The Hall–Kier alpha value is -9.96. The smallest absolute Gasteiger partial charge is 0.270 e. The summed E-state index contributed by atoms with van der Waals surface area (Å²) in [5.41, 5.74) is 28.3. The van der Waals surface area contributed by atoms with E-state index in [4.69, 9.17) is 28.8 Å². The molecule has 0 aliphatic carbocycles. The number of nitrogens with zero attached hydrogens (tertiary/aromatic N) is 8. The minimum atomic E-state index is -0.456. The Balaban J connectivity index is 0.000000241. The van der Waals surface area contributed by atoms with Gasteiger partial charge in [-0.1, -0.05) is 35.9 Å². The standard InChI is InChI=1S/C28H23N7O3.C19H19N5O.C9H5ClN2O2.2ClH.FH/c1-17-14-22(34-28(29)31-17)15-18-2-6-21(7-3-18)33-27(36)19-4-8-20(9-5-19)32-26-12-13-30-25-11-10-23(35(37)38)16-24(25)26;1-12-10-17(24-19(21)22-12)11-13-2-8-16(9-3-13)23-18(25)14-4-6-15(20)7-5-14;10-8-3-4-11-9-2-1-6(12(13)14)5-7(8)9;;;/h2-14,16H,15H2,1H3,(H,30,32)(H,33,36)(H2,29,31,34);2-10H,11,20H2,1H3,(H,23,25)(H2,21,22,24);1-5H;3*1H. The van der Waals surface area contributed by atoms with Crippen LogP contribution < -0.4 is 33.2 Å². The van der Waals surface area contributed by atoms with Gasteiger partial charge in [0, 0.05) is 111 Å². The summed E-state index contributed by atoms with van der Waals surface area (Å²) in [7, 11) is 0. The number of nitro benzene ring substituents is 2. The van der Waals surface area contributed by atoms with Gasteiger partial charge in [0.2, 0.25) is 11.9 Å². The highest BCUT2D eigenvalue weighted by molar-refractivity contribution is 6.35. The lowest BCUT2D eigenvalue weighted by molar-refractivity contribution is -0.384. The minimum Gasteiger partial charge on any atom is -0.399 e. The Morgan fingerprint density at radius 1 is 0.525 bits per heavy atom. The van der Waals surface area contributed by atoms with E-state index in [0.29, 0.717) is 67.9 Å². The highest BCUT2D eigenvalue weighted by Gasteiger charge is 2.13. The normalized spacial score (nSPS) is 10.2. The van der Waals surface area contributed by atoms with Gasteiger partial charge >= 0.3 is 0 Å². The van der Waals surface area contributed by atoms with Crippen molar-refractivity contribution < 1.29 is 24.1 Å². The molecule has 6 aromatic carbocycles. The van der Waals surface area contributed by atoms with Gasteiger partial charge in [0.15, 0.2) is 0 Å². The predicted molar refractivity (Wildman–Crippen MR) is 316 cm³/mol. The van der Waals surface area contributed by atoms with Gasteiger partial charge in [-0.15, -0.1) is 24.8 Å². The fourth-order valence-electron chi connectivity index (χ4n) is 7.80. The van der Waals surface area contributed by atoms with Crippen molar-refractivity contribution in [1.82, 2.24) is 29.9 Å². The summed E-state index contributed by atoms with van der Waals surface area (Å²) < 4.78 is 0. The summed E-state index contributed by atoms with van der Waals surface area (Å²) in [6.45, 7) is 3.76. The molecule has 80 heavy (non-hydrogen) atoms. The van der Waals surface area contributed by atoms with Crippen molar-refractivity contribution in [2.75, 3.05) is 33.2 Å². The van der Waals surface area contributed by atoms with Crippen molar-refractivity contribution in [2.24, 2.45) is 0 Å². The lowest BCUT2D eigenvalue weighted by Crippen LogP contribution is -2.11. The van der Waals surface area contributed by atoms with Crippen LogP contribution in [-0.2, 0) is 12.8 Å². The third-order valence-electron chi connectivity index (χ3n) is 11.5. The Kier molecular flexibility index (Phi) is 21.2. The monoisotopic (exact) mass is 1140 g/mol. The average molecular weight is 1140 g/mol. The molecule has 408 valence electrons. The fraction of sp³-hybridized carbons (Fsp3) is 0.0714. The molecule has 4 heterocycles. The number of anilines is 7. The van der Waals surface area contributed by atoms with Gasteiger partial charge in [0.05, 0.1) is 37.3 Å².